The number of hydrogen-bond donors (Lipinski definition) is 0. The first-order valence-electron chi connectivity index (χ1n) is 5.77. The van der Waals surface area contributed by atoms with Gasteiger partial charge in [0.15, 0.2) is 0 Å². The molecule has 0 N–H and O–H groups in total. The number of nitrogens with zero attached hydrogens (tertiary/aromatic N) is 1. The van der Waals surface area contributed by atoms with Gasteiger partial charge < -0.3 is 0 Å². The fraction of sp³-hybridized carbons (Fsp3) is 0.267. The summed E-state index contributed by atoms with van der Waals surface area (Å²) in [7, 11) is 0. The molecule has 0 saturated carbocycles. The molecule has 1 nitrogen and oxygen atoms in total. The number of aryl methyl sites for hydroxylation is 1. The fourth-order valence-electron chi connectivity index (χ4n) is 2.15. The third-order valence-corrected chi connectivity index (χ3v) is 2.96. The molecular weight excluding hydrogens is 194 g/mol. The van der Waals surface area contributed by atoms with Crippen molar-refractivity contribution in [2.75, 3.05) is 0 Å². The second-order valence-corrected chi connectivity index (χ2v) is 4.16. The number of pyridine rings is 1. The molecule has 82 valence electrons. The topological polar surface area (TPSA) is 12.9 Å². The van der Waals surface area contributed by atoms with Crippen LogP contribution < -0.4 is 0 Å². The molecule has 0 aliphatic heterocycles. The lowest BCUT2D eigenvalue weighted by molar-refractivity contribution is 0.774. The van der Waals surface area contributed by atoms with Gasteiger partial charge in [-0.2, -0.15) is 0 Å². The molecule has 0 aliphatic rings. The molecule has 0 bridgehead atoms. The van der Waals surface area contributed by atoms with E-state index in [9.17, 15) is 0 Å². The van der Waals surface area contributed by atoms with Gasteiger partial charge in [0.2, 0.25) is 0 Å². The van der Waals surface area contributed by atoms with Crippen molar-refractivity contribution in [3.05, 3.63) is 65.5 Å². The third kappa shape index (κ3) is 2.30. The standard InChI is InChI=1S/C15H17N/c1-3-15(13-7-9-16-10-8-13)14-6-4-5-12(2)11-14/h4-11,15H,3H2,1-2H3. The summed E-state index contributed by atoms with van der Waals surface area (Å²) in [5.74, 6) is 0.489. The van der Waals surface area contributed by atoms with Gasteiger partial charge in [0.25, 0.3) is 0 Å². The average molecular weight is 211 g/mol. The highest BCUT2D eigenvalue weighted by atomic mass is 14.6. The predicted octanol–water partition coefficient (Wildman–Crippen LogP) is 3.93. The van der Waals surface area contributed by atoms with E-state index in [-0.39, 0.29) is 0 Å². The van der Waals surface area contributed by atoms with E-state index in [2.05, 4.69) is 55.2 Å². The highest BCUT2D eigenvalue weighted by molar-refractivity contribution is 5.33. The molecule has 1 atom stereocenters. The summed E-state index contributed by atoms with van der Waals surface area (Å²) in [5.41, 5.74) is 4.07. The van der Waals surface area contributed by atoms with Gasteiger partial charge in [-0.1, -0.05) is 36.8 Å². The Bertz CT molecular complexity index is 448. The van der Waals surface area contributed by atoms with Crippen LogP contribution in [-0.4, -0.2) is 4.98 Å². The molecule has 0 saturated heterocycles. The predicted molar refractivity (Wildman–Crippen MR) is 67.6 cm³/mol. The summed E-state index contributed by atoms with van der Waals surface area (Å²) < 4.78 is 0. The first-order valence-corrected chi connectivity index (χ1v) is 5.77. The Morgan fingerprint density at radius 2 is 1.81 bits per heavy atom. The van der Waals surface area contributed by atoms with E-state index in [0.29, 0.717) is 5.92 Å². The lowest BCUT2D eigenvalue weighted by Crippen LogP contribution is -1.99. The fourth-order valence-corrected chi connectivity index (χ4v) is 2.15. The maximum absolute atomic E-state index is 4.07. The second kappa shape index (κ2) is 4.93. The molecule has 1 heterocycles. The highest BCUT2D eigenvalue weighted by Crippen LogP contribution is 2.27. The monoisotopic (exact) mass is 211 g/mol. The quantitative estimate of drug-likeness (QED) is 0.749. The second-order valence-electron chi connectivity index (χ2n) is 4.16. The van der Waals surface area contributed by atoms with Crippen LogP contribution in [0, 0.1) is 6.92 Å². The maximum atomic E-state index is 4.07. The van der Waals surface area contributed by atoms with Crippen molar-refractivity contribution in [2.45, 2.75) is 26.2 Å². The Morgan fingerprint density at radius 1 is 1.06 bits per heavy atom. The normalized spacial score (nSPS) is 12.4. The van der Waals surface area contributed by atoms with Gasteiger partial charge in [0, 0.05) is 18.3 Å². The van der Waals surface area contributed by atoms with E-state index in [1.807, 2.05) is 12.4 Å². The van der Waals surface area contributed by atoms with Gasteiger partial charge in [-0.3, -0.25) is 4.98 Å². The van der Waals surface area contributed by atoms with Gasteiger partial charge in [0.05, 0.1) is 0 Å². The lowest BCUT2D eigenvalue weighted by Gasteiger charge is -2.16. The molecule has 0 spiro atoms. The third-order valence-electron chi connectivity index (χ3n) is 2.96. The Hall–Kier alpha value is -1.63. The summed E-state index contributed by atoms with van der Waals surface area (Å²) in [6, 6.07) is 13.0. The summed E-state index contributed by atoms with van der Waals surface area (Å²) in [4.78, 5) is 4.07. The molecular formula is C15H17N. The lowest BCUT2D eigenvalue weighted by atomic mass is 9.89. The van der Waals surface area contributed by atoms with Gasteiger partial charge in [0.1, 0.15) is 0 Å². The van der Waals surface area contributed by atoms with Crippen LogP contribution in [0.15, 0.2) is 48.8 Å². The molecule has 2 rings (SSSR count). The molecule has 0 amide bonds. The number of hydrogen-bond acceptors (Lipinski definition) is 1. The molecule has 1 unspecified atom stereocenters. The van der Waals surface area contributed by atoms with Crippen molar-refractivity contribution >= 4 is 0 Å². The zero-order chi connectivity index (χ0) is 11.4. The first-order chi connectivity index (χ1) is 7.81. The van der Waals surface area contributed by atoms with Crippen LogP contribution in [0.2, 0.25) is 0 Å². The molecule has 1 aromatic heterocycles. The van der Waals surface area contributed by atoms with Crippen molar-refractivity contribution < 1.29 is 0 Å². The van der Waals surface area contributed by atoms with Crippen molar-refractivity contribution in [3.63, 3.8) is 0 Å². The molecule has 0 fully saturated rings. The van der Waals surface area contributed by atoms with Gasteiger partial charge in [-0.05, 0) is 36.6 Å². The molecule has 0 aliphatic carbocycles. The number of rotatable bonds is 3. The van der Waals surface area contributed by atoms with E-state index in [1.165, 1.54) is 16.7 Å². The minimum atomic E-state index is 0.489. The van der Waals surface area contributed by atoms with Crippen LogP contribution in [0.4, 0.5) is 0 Å². The number of benzene rings is 1. The van der Waals surface area contributed by atoms with Crippen LogP contribution in [0.5, 0.6) is 0 Å². The average Bonchev–Trinajstić information content (AvgIpc) is 2.31. The van der Waals surface area contributed by atoms with E-state index in [4.69, 9.17) is 0 Å². The minimum Gasteiger partial charge on any atom is -0.265 e. The minimum absolute atomic E-state index is 0.489. The Morgan fingerprint density at radius 3 is 2.44 bits per heavy atom. The van der Waals surface area contributed by atoms with Crippen LogP contribution in [-0.2, 0) is 0 Å². The molecule has 1 aromatic carbocycles. The largest absolute Gasteiger partial charge is 0.265 e. The Labute approximate surface area is 97.2 Å². The van der Waals surface area contributed by atoms with E-state index in [1.54, 1.807) is 0 Å². The Kier molecular flexibility index (Phi) is 3.35. The van der Waals surface area contributed by atoms with Crippen molar-refractivity contribution in [1.29, 1.82) is 0 Å². The van der Waals surface area contributed by atoms with Crippen LogP contribution >= 0.6 is 0 Å². The van der Waals surface area contributed by atoms with E-state index >= 15 is 0 Å². The SMILES string of the molecule is CCC(c1ccncc1)c1cccc(C)c1. The van der Waals surface area contributed by atoms with Crippen LogP contribution in [0.1, 0.15) is 36.0 Å². The van der Waals surface area contributed by atoms with Crippen LogP contribution in [0.25, 0.3) is 0 Å². The molecule has 16 heavy (non-hydrogen) atoms. The summed E-state index contributed by atoms with van der Waals surface area (Å²) in [5, 5.41) is 0. The number of aromatic nitrogens is 1. The summed E-state index contributed by atoms with van der Waals surface area (Å²) in [6.45, 7) is 4.37. The van der Waals surface area contributed by atoms with E-state index in [0.717, 1.165) is 6.42 Å². The molecule has 1 heteroatoms. The first kappa shape index (κ1) is 10.9. The molecule has 0 radical (unpaired) electrons. The van der Waals surface area contributed by atoms with Crippen molar-refractivity contribution in [3.8, 4) is 0 Å². The smallest absolute Gasteiger partial charge is 0.0270 e. The Balaban J connectivity index is 2.37. The summed E-state index contributed by atoms with van der Waals surface area (Å²) >= 11 is 0. The zero-order valence-electron chi connectivity index (χ0n) is 9.85. The van der Waals surface area contributed by atoms with Crippen molar-refractivity contribution in [2.24, 2.45) is 0 Å². The maximum Gasteiger partial charge on any atom is 0.0270 e. The van der Waals surface area contributed by atoms with Gasteiger partial charge in [-0.15, -0.1) is 0 Å². The molecule has 2 aromatic rings. The zero-order valence-corrected chi connectivity index (χ0v) is 9.85. The van der Waals surface area contributed by atoms with Crippen LogP contribution in [0.3, 0.4) is 0 Å². The highest BCUT2D eigenvalue weighted by Gasteiger charge is 2.11. The van der Waals surface area contributed by atoms with Gasteiger partial charge in [-0.25, -0.2) is 0 Å². The van der Waals surface area contributed by atoms with Gasteiger partial charge >= 0.3 is 0 Å². The summed E-state index contributed by atoms with van der Waals surface area (Å²) in [6.07, 6.45) is 4.86. The van der Waals surface area contributed by atoms with E-state index < -0.39 is 0 Å². The van der Waals surface area contributed by atoms with Crippen molar-refractivity contribution in [1.82, 2.24) is 4.98 Å².